The lowest BCUT2D eigenvalue weighted by molar-refractivity contribution is 0.127. The van der Waals surface area contributed by atoms with Gasteiger partial charge in [-0.1, -0.05) is 19.4 Å². The zero-order valence-corrected chi connectivity index (χ0v) is 14.0. The summed E-state index contributed by atoms with van der Waals surface area (Å²) in [7, 11) is 1.69. The lowest BCUT2D eigenvalue weighted by Crippen LogP contribution is -2.23. The molecular weight excluding hydrogens is 278 g/mol. The second kappa shape index (κ2) is 8.39. The van der Waals surface area contributed by atoms with Gasteiger partial charge < -0.3 is 14.6 Å². The SMILES string of the molecule is CCCCOc1ccc(CN2CCC(C(C)O)C2)cc1OC. The summed E-state index contributed by atoms with van der Waals surface area (Å²) in [6.45, 7) is 7.68. The third-order valence-corrected chi connectivity index (χ3v) is 4.38. The molecule has 1 aliphatic heterocycles. The predicted molar refractivity (Wildman–Crippen MR) is 88.5 cm³/mol. The van der Waals surface area contributed by atoms with E-state index in [1.165, 1.54) is 5.56 Å². The van der Waals surface area contributed by atoms with E-state index >= 15 is 0 Å². The number of rotatable bonds is 8. The molecule has 124 valence electrons. The number of nitrogens with zero attached hydrogens (tertiary/aromatic N) is 1. The molecule has 1 aromatic carbocycles. The van der Waals surface area contributed by atoms with Crippen molar-refractivity contribution in [2.75, 3.05) is 26.8 Å². The zero-order valence-electron chi connectivity index (χ0n) is 14.0. The molecule has 0 amide bonds. The molecule has 4 nitrogen and oxygen atoms in total. The van der Waals surface area contributed by atoms with Gasteiger partial charge in [-0.3, -0.25) is 4.90 Å². The van der Waals surface area contributed by atoms with Crippen molar-refractivity contribution in [3.05, 3.63) is 23.8 Å². The van der Waals surface area contributed by atoms with E-state index in [0.29, 0.717) is 5.92 Å². The quantitative estimate of drug-likeness (QED) is 0.750. The first kappa shape index (κ1) is 17.1. The zero-order chi connectivity index (χ0) is 15.9. The first-order valence-corrected chi connectivity index (χ1v) is 8.34. The number of hydrogen-bond donors (Lipinski definition) is 1. The Kier molecular flexibility index (Phi) is 6.52. The van der Waals surface area contributed by atoms with Crippen LogP contribution in [0, 0.1) is 5.92 Å². The van der Waals surface area contributed by atoms with E-state index in [9.17, 15) is 5.11 Å². The molecule has 2 rings (SSSR count). The topological polar surface area (TPSA) is 41.9 Å². The summed E-state index contributed by atoms with van der Waals surface area (Å²) in [6.07, 6.45) is 3.04. The van der Waals surface area contributed by atoms with Gasteiger partial charge in [0.05, 0.1) is 19.8 Å². The molecule has 1 N–H and O–H groups in total. The first-order chi connectivity index (χ1) is 10.6. The summed E-state index contributed by atoms with van der Waals surface area (Å²) >= 11 is 0. The van der Waals surface area contributed by atoms with Crippen molar-refractivity contribution in [1.82, 2.24) is 4.90 Å². The van der Waals surface area contributed by atoms with Gasteiger partial charge >= 0.3 is 0 Å². The lowest BCUT2D eigenvalue weighted by Gasteiger charge is -2.18. The molecule has 0 saturated carbocycles. The van der Waals surface area contributed by atoms with Crippen LogP contribution in [0.3, 0.4) is 0 Å². The van der Waals surface area contributed by atoms with E-state index in [2.05, 4.69) is 24.0 Å². The minimum absolute atomic E-state index is 0.214. The van der Waals surface area contributed by atoms with Crippen molar-refractivity contribution in [3.8, 4) is 11.5 Å². The number of ether oxygens (including phenoxy) is 2. The molecule has 1 saturated heterocycles. The smallest absolute Gasteiger partial charge is 0.161 e. The van der Waals surface area contributed by atoms with Gasteiger partial charge in [0.1, 0.15) is 0 Å². The Morgan fingerprint density at radius 1 is 1.36 bits per heavy atom. The molecule has 1 fully saturated rings. The average molecular weight is 307 g/mol. The summed E-state index contributed by atoms with van der Waals surface area (Å²) in [5.41, 5.74) is 1.23. The summed E-state index contributed by atoms with van der Waals surface area (Å²) in [5, 5.41) is 9.69. The van der Waals surface area contributed by atoms with E-state index in [0.717, 1.165) is 57.0 Å². The molecule has 22 heavy (non-hydrogen) atoms. The highest BCUT2D eigenvalue weighted by atomic mass is 16.5. The van der Waals surface area contributed by atoms with E-state index < -0.39 is 0 Å². The van der Waals surface area contributed by atoms with Crippen molar-refractivity contribution in [2.24, 2.45) is 5.92 Å². The Morgan fingerprint density at radius 2 is 2.18 bits per heavy atom. The van der Waals surface area contributed by atoms with Crippen LogP contribution in [0.25, 0.3) is 0 Å². The van der Waals surface area contributed by atoms with Crippen molar-refractivity contribution < 1.29 is 14.6 Å². The molecule has 0 aliphatic carbocycles. The maximum atomic E-state index is 9.69. The Bertz CT molecular complexity index is 462. The molecule has 1 aromatic rings. The van der Waals surface area contributed by atoms with Gasteiger partial charge in [-0.2, -0.15) is 0 Å². The van der Waals surface area contributed by atoms with Gasteiger partial charge in [-0.05, 0) is 49.9 Å². The van der Waals surface area contributed by atoms with Gasteiger partial charge in [0.25, 0.3) is 0 Å². The van der Waals surface area contributed by atoms with Crippen molar-refractivity contribution in [2.45, 2.75) is 45.8 Å². The number of likely N-dealkylation sites (tertiary alicyclic amines) is 1. The van der Waals surface area contributed by atoms with Crippen LogP contribution in [0.15, 0.2) is 18.2 Å². The van der Waals surface area contributed by atoms with Crippen molar-refractivity contribution in [1.29, 1.82) is 0 Å². The fourth-order valence-corrected chi connectivity index (χ4v) is 2.91. The predicted octanol–water partition coefficient (Wildman–Crippen LogP) is 3.08. The molecule has 4 heteroatoms. The van der Waals surface area contributed by atoms with Crippen LogP contribution < -0.4 is 9.47 Å². The van der Waals surface area contributed by atoms with Gasteiger partial charge in [0.15, 0.2) is 11.5 Å². The number of unbranched alkanes of at least 4 members (excludes halogenated alkanes) is 1. The average Bonchev–Trinajstić information content (AvgIpc) is 2.97. The maximum Gasteiger partial charge on any atom is 0.161 e. The molecule has 1 aliphatic rings. The Labute approximate surface area is 134 Å². The Morgan fingerprint density at radius 3 is 2.82 bits per heavy atom. The summed E-state index contributed by atoms with van der Waals surface area (Å²) in [5.74, 6) is 2.03. The van der Waals surface area contributed by atoms with Crippen LogP contribution in [0.5, 0.6) is 11.5 Å². The fourth-order valence-electron chi connectivity index (χ4n) is 2.91. The van der Waals surface area contributed by atoms with E-state index in [4.69, 9.17) is 9.47 Å². The summed E-state index contributed by atoms with van der Waals surface area (Å²) in [6, 6.07) is 6.18. The molecule has 0 spiro atoms. The van der Waals surface area contributed by atoms with Gasteiger partial charge in [0.2, 0.25) is 0 Å². The van der Waals surface area contributed by atoms with Crippen molar-refractivity contribution >= 4 is 0 Å². The number of aliphatic hydroxyl groups excluding tert-OH is 1. The highest BCUT2D eigenvalue weighted by Gasteiger charge is 2.25. The standard InChI is InChI=1S/C18H29NO3/c1-4-5-10-22-17-7-6-15(11-18(17)21-3)12-19-9-8-16(13-19)14(2)20/h6-7,11,14,16,20H,4-5,8-10,12-13H2,1-3H3. The largest absolute Gasteiger partial charge is 0.493 e. The van der Waals surface area contributed by atoms with Crippen LogP contribution in [0.2, 0.25) is 0 Å². The molecule has 2 atom stereocenters. The maximum absolute atomic E-state index is 9.69. The molecule has 0 bridgehead atoms. The minimum Gasteiger partial charge on any atom is -0.493 e. The van der Waals surface area contributed by atoms with E-state index in [1.807, 2.05) is 13.0 Å². The minimum atomic E-state index is -0.214. The summed E-state index contributed by atoms with van der Waals surface area (Å²) in [4.78, 5) is 2.39. The number of methoxy groups -OCH3 is 1. The Hall–Kier alpha value is -1.26. The number of aliphatic hydroxyl groups is 1. The van der Waals surface area contributed by atoms with Crippen LogP contribution in [-0.4, -0.2) is 42.9 Å². The van der Waals surface area contributed by atoms with Gasteiger partial charge in [0, 0.05) is 13.1 Å². The summed E-state index contributed by atoms with van der Waals surface area (Å²) < 4.78 is 11.2. The Balaban J connectivity index is 1.94. The molecule has 0 radical (unpaired) electrons. The number of benzene rings is 1. The van der Waals surface area contributed by atoms with Crippen LogP contribution in [0.4, 0.5) is 0 Å². The van der Waals surface area contributed by atoms with Gasteiger partial charge in [-0.15, -0.1) is 0 Å². The van der Waals surface area contributed by atoms with Crippen molar-refractivity contribution in [3.63, 3.8) is 0 Å². The third-order valence-electron chi connectivity index (χ3n) is 4.38. The number of hydrogen-bond acceptors (Lipinski definition) is 4. The third kappa shape index (κ3) is 4.62. The van der Waals surface area contributed by atoms with Crippen LogP contribution in [-0.2, 0) is 6.54 Å². The van der Waals surface area contributed by atoms with Gasteiger partial charge in [-0.25, -0.2) is 0 Å². The highest BCUT2D eigenvalue weighted by molar-refractivity contribution is 5.43. The fraction of sp³-hybridized carbons (Fsp3) is 0.667. The normalized spacial score (nSPS) is 20.1. The second-order valence-corrected chi connectivity index (χ2v) is 6.21. The second-order valence-electron chi connectivity index (χ2n) is 6.21. The van der Waals surface area contributed by atoms with Crippen LogP contribution >= 0.6 is 0 Å². The first-order valence-electron chi connectivity index (χ1n) is 8.34. The highest BCUT2D eigenvalue weighted by Crippen LogP contribution is 2.30. The molecular formula is C18H29NO3. The van der Waals surface area contributed by atoms with Crippen LogP contribution in [0.1, 0.15) is 38.7 Å². The lowest BCUT2D eigenvalue weighted by atomic mass is 10.0. The van der Waals surface area contributed by atoms with E-state index in [-0.39, 0.29) is 6.10 Å². The molecule has 0 aromatic heterocycles. The van der Waals surface area contributed by atoms with E-state index in [1.54, 1.807) is 7.11 Å². The molecule has 1 heterocycles. The molecule has 2 unspecified atom stereocenters. The monoisotopic (exact) mass is 307 g/mol.